The Morgan fingerprint density at radius 2 is 1.03 bits per heavy atom. The Kier molecular flexibility index (Phi) is 6.30. The van der Waals surface area contributed by atoms with E-state index in [1.807, 2.05) is 80.8 Å². The Labute approximate surface area is 172 Å². The first-order chi connectivity index (χ1) is 14.1. The van der Waals surface area contributed by atoms with Gasteiger partial charge >= 0.3 is 0 Å². The molecule has 4 nitrogen and oxygen atoms in total. The van der Waals surface area contributed by atoms with Crippen molar-refractivity contribution in [2.45, 2.75) is 0 Å². The van der Waals surface area contributed by atoms with E-state index in [2.05, 4.69) is 36.4 Å². The fraction of sp³-hybridized carbons (Fsp3) is 0.0833. The molecule has 0 amide bonds. The summed E-state index contributed by atoms with van der Waals surface area (Å²) in [7, 11) is 1.10. The highest BCUT2D eigenvalue weighted by molar-refractivity contribution is 7.87. The predicted molar refractivity (Wildman–Crippen MR) is 120 cm³/mol. The second-order valence-electron chi connectivity index (χ2n) is 6.56. The normalized spacial score (nSPS) is 10.3. The van der Waals surface area contributed by atoms with Gasteiger partial charge in [-0.3, -0.25) is 0 Å². The molecule has 142 valence electrons. The van der Waals surface area contributed by atoms with E-state index < -0.39 is 7.05 Å². The third-order valence-corrected chi connectivity index (χ3v) is 8.13. The summed E-state index contributed by atoms with van der Waals surface area (Å²) in [6.45, 7) is 0. The number of allylic oxidation sites excluding steroid dienone is 1. The molecule has 5 heteroatoms. The summed E-state index contributed by atoms with van der Waals surface area (Å²) in [6, 6.07) is 34.4. The lowest BCUT2D eigenvalue weighted by atomic mass is 10.3. The minimum atomic E-state index is -2.52. The van der Waals surface area contributed by atoms with Gasteiger partial charge in [0.05, 0.1) is 7.05 Å². The van der Waals surface area contributed by atoms with Crippen LogP contribution in [0.3, 0.4) is 0 Å². The first-order valence-corrected chi connectivity index (χ1v) is 10.9. The zero-order valence-electron chi connectivity index (χ0n) is 16.4. The van der Waals surface area contributed by atoms with Gasteiger partial charge in [0, 0.05) is 30.0 Å². The first-order valence-electron chi connectivity index (χ1n) is 9.14. The Morgan fingerprint density at radius 3 is 1.31 bits per heavy atom. The van der Waals surface area contributed by atoms with Gasteiger partial charge in [-0.2, -0.15) is 10.5 Å². The van der Waals surface area contributed by atoms with Crippen molar-refractivity contribution in [1.82, 2.24) is 4.90 Å². The maximum absolute atomic E-state index is 9.55. The molecular formula is C24H21N4P. The molecule has 0 aliphatic heterocycles. The molecule has 0 saturated heterocycles. The highest BCUT2D eigenvalue weighted by Crippen LogP contribution is 2.48. The third kappa shape index (κ3) is 3.99. The molecule has 0 unspecified atom stereocenters. The van der Waals surface area contributed by atoms with Crippen LogP contribution in [0, 0.1) is 22.7 Å². The quantitative estimate of drug-likeness (QED) is 0.484. The standard InChI is InChI=1S/C24H21N4P/c1-28(2)24(20(18-25)19-26)27-29(21-12-6-3-7-13-21,22-14-8-4-9-15-22)23-16-10-5-11-17-23/h3-17H,1-2H3. The Bertz CT molecular complexity index is 1020. The number of benzene rings is 3. The largest absolute Gasteiger partial charge is 0.361 e. The molecule has 0 aromatic heterocycles. The Balaban J connectivity index is 2.56. The number of hydrogen-bond acceptors (Lipinski definition) is 4. The zero-order chi connectivity index (χ0) is 20.7. The second-order valence-corrected chi connectivity index (χ2v) is 9.58. The fourth-order valence-corrected chi connectivity index (χ4v) is 6.80. The van der Waals surface area contributed by atoms with Gasteiger partial charge in [-0.25, -0.2) is 4.74 Å². The van der Waals surface area contributed by atoms with E-state index in [9.17, 15) is 10.5 Å². The maximum atomic E-state index is 9.55. The summed E-state index contributed by atoms with van der Waals surface area (Å²) in [5.41, 5.74) is 0.00201. The lowest BCUT2D eigenvalue weighted by Gasteiger charge is -2.28. The van der Waals surface area contributed by atoms with Crippen molar-refractivity contribution in [2.75, 3.05) is 14.1 Å². The summed E-state index contributed by atoms with van der Waals surface area (Å²) in [4.78, 5) is 1.74. The van der Waals surface area contributed by atoms with E-state index in [1.165, 1.54) is 0 Å². The van der Waals surface area contributed by atoms with Crippen LogP contribution in [0.2, 0.25) is 0 Å². The average molecular weight is 396 g/mol. The second kappa shape index (κ2) is 9.07. The molecule has 3 aromatic rings. The van der Waals surface area contributed by atoms with Crippen LogP contribution >= 0.6 is 7.05 Å². The van der Waals surface area contributed by atoms with E-state index in [-0.39, 0.29) is 5.57 Å². The monoisotopic (exact) mass is 396 g/mol. The van der Waals surface area contributed by atoms with E-state index in [0.29, 0.717) is 5.82 Å². The Morgan fingerprint density at radius 1 is 0.690 bits per heavy atom. The fourth-order valence-electron chi connectivity index (χ4n) is 3.18. The number of nitriles is 2. The van der Waals surface area contributed by atoms with Crippen LogP contribution in [-0.4, -0.2) is 19.0 Å². The predicted octanol–water partition coefficient (Wildman–Crippen LogP) is 3.98. The van der Waals surface area contributed by atoms with Crippen molar-refractivity contribution in [3.05, 3.63) is 102 Å². The summed E-state index contributed by atoms with van der Waals surface area (Å²) in [5, 5.41) is 22.3. The van der Waals surface area contributed by atoms with Gasteiger partial charge in [0.25, 0.3) is 0 Å². The maximum Gasteiger partial charge on any atom is 0.171 e. The van der Waals surface area contributed by atoms with E-state index in [1.54, 1.807) is 4.90 Å². The lowest BCUT2D eigenvalue weighted by Crippen LogP contribution is -2.26. The molecule has 3 rings (SSSR count). The van der Waals surface area contributed by atoms with Crippen LogP contribution < -0.4 is 15.9 Å². The molecule has 3 aromatic carbocycles. The van der Waals surface area contributed by atoms with Crippen molar-refractivity contribution in [3.8, 4) is 12.1 Å². The molecule has 0 aliphatic rings. The van der Waals surface area contributed by atoms with Crippen molar-refractivity contribution < 1.29 is 0 Å². The molecule has 0 atom stereocenters. The van der Waals surface area contributed by atoms with Gasteiger partial charge in [0.15, 0.2) is 11.4 Å². The summed E-state index contributed by atoms with van der Waals surface area (Å²) in [6.07, 6.45) is 0. The summed E-state index contributed by atoms with van der Waals surface area (Å²) >= 11 is 0. The molecule has 0 bridgehead atoms. The van der Waals surface area contributed by atoms with Crippen molar-refractivity contribution >= 4 is 23.0 Å². The highest BCUT2D eigenvalue weighted by atomic mass is 31.2. The van der Waals surface area contributed by atoms with Crippen molar-refractivity contribution in [1.29, 1.82) is 10.5 Å². The zero-order valence-corrected chi connectivity index (χ0v) is 17.3. The minimum absolute atomic E-state index is 0.00201. The summed E-state index contributed by atoms with van der Waals surface area (Å²) in [5.74, 6) is 0.389. The SMILES string of the molecule is CN(C)C(N=P(c1ccccc1)(c1ccccc1)c1ccccc1)=C(C#N)C#N. The average Bonchev–Trinajstić information content (AvgIpc) is 2.78. The highest BCUT2D eigenvalue weighted by Gasteiger charge is 2.28. The molecule has 0 heterocycles. The van der Waals surface area contributed by atoms with Crippen molar-refractivity contribution in [3.63, 3.8) is 0 Å². The number of hydrogen-bond donors (Lipinski definition) is 0. The molecule has 0 fully saturated rings. The van der Waals surface area contributed by atoms with E-state index in [4.69, 9.17) is 4.74 Å². The smallest absolute Gasteiger partial charge is 0.171 e. The molecule has 0 radical (unpaired) electrons. The van der Waals surface area contributed by atoms with Crippen LogP contribution in [0.25, 0.3) is 0 Å². The van der Waals surface area contributed by atoms with Crippen LogP contribution in [0.15, 0.2) is 107 Å². The van der Waals surface area contributed by atoms with Crippen LogP contribution in [0.4, 0.5) is 0 Å². The van der Waals surface area contributed by atoms with Gasteiger partial charge in [0.2, 0.25) is 0 Å². The van der Waals surface area contributed by atoms with Gasteiger partial charge in [0.1, 0.15) is 12.1 Å². The topological polar surface area (TPSA) is 63.2 Å². The number of rotatable bonds is 5. The molecule has 0 aliphatic carbocycles. The number of nitrogens with zero attached hydrogens (tertiary/aromatic N) is 4. The van der Waals surface area contributed by atoms with Gasteiger partial charge < -0.3 is 4.90 Å². The molecule has 0 saturated carbocycles. The van der Waals surface area contributed by atoms with Gasteiger partial charge in [-0.15, -0.1) is 0 Å². The molecular weight excluding hydrogens is 375 g/mol. The van der Waals surface area contributed by atoms with Crippen LogP contribution in [0.5, 0.6) is 0 Å². The Hall–Kier alpha value is -3.59. The third-order valence-electron chi connectivity index (χ3n) is 4.51. The van der Waals surface area contributed by atoms with Crippen LogP contribution in [0.1, 0.15) is 0 Å². The lowest BCUT2D eigenvalue weighted by molar-refractivity contribution is 0.506. The van der Waals surface area contributed by atoms with E-state index in [0.717, 1.165) is 15.9 Å². The van der Waals surface area contributed by atoms with Gasteiger partial charge in [-0.05, 0) is 0 Å². The van der Waals surface area contributed by atoms with Crippen LogP contribution in [-0.2, 0) is 0 Å². The van der Waals surface area contributed by atoms with Gasteiger partial charge in [-0.1, -0.05) is 91.0 Å². The van der Waals surface area contributed by atoms with E-state index >= 15 is 0 Å². The van der Waals surface area contributed by atoms with Crippen molar-refractivity contribution in [2.24, 2.45) is 4.74 Å². The first kappa shape index (κ1) is 20.2. The summed E-state index contributed by atoms with van der Waals surface area (Å²) < 4.78 is 5.23. The minimum Gasteiger partial charge on any atom is -0.361 e. The molecule has 0 spiro atoms. The molecule has 29 heavy (non-hydrogen) atoms. The molecule has 0 N–H and O–H groups in total.